The fraction of sp³-hybridized carbons (Fsp3) is 0.611. The van der Waals surface area contributed by atoms with Gasteiger partial charge in [-0.3, -0.25) is 9.10 Å². The van der Waals surface area contributed by atoms with Gasteiger partial charge < -0.3 is 14.8 Å². The van der Waals surface area contributed by atoms with E-state index in [1.165, 1.54) is 33.5 Å². The van der Waals surface area contributed by atoms with Crippen LogP contribution in [0.2, 0.25) is 0 Å². The van der Waals surface area contributed by atoms with Gasteiger partial charge >= 0.3 is 0 Å². The van der Waals surface area contributed by atoms with Gasteiger partial charge in [0.15, 0.2) is 0 Å². The molecule has 0 heterocycles. The average Bonchev–Trinajstić information content (AvgIpc) is 2.64. The molecular weight excluding hydrogens is 356 g/mol. The van der Waals surface area contributed by atoms with Crippen molar-refractivity contribution in [3.05, 3.63) is 18.2 Å². The summed E-state index contributed by atoms with van der Waals surface area (Å²) in [6, 6.07) is 4.80. The highest BCUT2D eigenvalue weighted by Crippen LogP contribution is 2.33. The number of carbonyl (C=O) groups excluding carboxylic acids is 1. The summed E-state index contributed by atoms with van der Waals surface area (Å²) in [5.41, 5.74) is 0.309. The molecule has 1 aliphatic rings. The second-order valence-electron chi connectivity index (χ2n) is 6.62. The lowest BCUT2D eigenvalue weighted by molar-refractivity contribution is -0.119. The third-order valence-corrected chi connectivity index (χ3v) is 5.78. The number of methoxy groups -OCH3 is 2. The van der Waals surface area contributed by atoms with E-state index in [2.05, 4.69) is 5.32 Å². The molecule has 0 saturated heterocycles. The van der Waals surface area contributed by atoms with Gasteiger partial charge in [0.1, 0.15) is 18.0 Å². The summed E-state index contributed by atoms with van der Waals surface area (Å²) in [6.45, 7) is 0.310. The van der Waals surface area contributed by atoms with E-state index in [4.69, 9.17) is 9.47 Å². The van der Waals surface area contributed by atoms with Crippen molar-refractivity contribution in [1.82, 2.24) is 5.32 Å². The van der Waals surface area contributed by atoms with Crippen LogP contribution in [0.1, 0.15) is 32.1 Å². The summed E-state index contributed by atoms with van der Waals surface area (Å²) in [5, 5.41) is 2.87. The largest absolute Gasteiger partial charge is 0.497 e. The fourth-order valence-electron chi connectivity index (χ4n) is 3.21. The Morgan fingerprint density at radius 3 is 2.46 bits per heavy atom. The highest BCUT2D eigenvalue weighted by Gasteiger charge is 2.25. The van der Waals surface area contributed by atoms with Gasteiger partial charge in [0, 0.05) is 12.6 Å². The first kappa shape index (κ1) is 20.4. The van der Waals surface area contributed by atoms with E-state index >= 15 is 0 Å². The number of nitrogens with one attached hydrogen (secondary N) is 1. The molecule has 1 amide bonds. The minimum absolute atomic E-state index is 0.283. The molecule has 146 valence electrons. The van der Waals surface area contributed by atoms with Crippen molar-refractivity contribution in [2.24, 2.45) is 5.92 Å². The lowest BCUT2D eigenvalue weighted by atomic mass is 9.89. The van der Waals surface area contributed by atoms with E-state index in [-0.39, 0.29) is 12.5 Å². The molecule has 1 N–H and O–H groups in total. The van der Waals surface area contributed by atoms with Gasteiger partial charge in [-0.15, -0.1) is 0 Å². The van der Waals surface area contributed by atoms with E-state index in [0.717, 1.165) is 23.4 Å². The van der Waals surface area contributed by atoms with Crippen LogP contribution in [-0.2, 0) is 14.8 Å². The average molecular weight is 384 g/mol. The Morgan fingerprint density at radius 1 is 1.19 bits per heavy atom. The van der Waals surface area contributed by atoms with Crippen LogP contribution in [0.4, 0.5) is 5.69 Å². The minimum atomic E-state index is -3.66. The predicted octanol–water partition coefficient (Wildman–Crippen LogP) is 2.17. The maximum atomic E-state index is 12.4. The Morgan fingerprint density at radius 2 is 1.88 bits per heavy atom. The van der Waals surface area contributed by atoms with Crippen LogP contribution in [0.3, 0.4) is 0 Å². The van der Waals surface area contributed by atoms with Crippen LogP contribution in [0.25, 0.3) is 0 Å². The minimum Gasteiger partial charge on any atom is -0.497 e. The molecule has 1 fully saturated rings. The van der Waals surface area contributed by atoms with E-state index < -0.39 is 10.0 Å². The summed E-state index contributed by atoms with van der Waals surface area (Å²) < 4.78 is 36.0. The van der Waals surface area contributed by atoms with Crippen LogP contribution in [0.5, 0.6) is 11.5 Å². The molecule has 26 heavy (non-hydrogen) atoms. The second-order valence-corrected chi connectivity index (χ2v) is 8.52. The zero-order valence-electron chi connectivity index (χ0n) is 15.7. The van der Waals surface area contributed by atoms with Crippen molar-refractivity contribution < 1.29 is 22.7 Å². The number of rotatable bonds is 8. The SMILES string of the molecule is COc1ccc(N(CC(=O)NCC2CCCCC2)S(C)(=O)=O)c(OC)c1. The van der Waals surface area contributed by atoms with Crippen molar-refractivity contribution in [3.63, 3.8) is 0 Å². The molecule has 7 nitrogen and oxygen atoms in total. The van der Waals surface area contributed by atoms with Crippen molar-refractivity contribution in [2.45, 2.75) is 32.1 Å². The molecule has 8 heteroatoms. The van der Waals surface area contributed by atoms with E-state index in [0.29, 0.717) is 29.6 Å². The molecule has 0 spiro atoms. The maximum Gasteiger partial charge on any atom is 0.240 e. The van der Waals surface area contributed by atoms with Gasteiger partial charge in [0.05, 0.1) is 26.2 Å². The number of nitrogens with zero attached hydrogens (tertiary/aromatic N) is 1. The van der Waals surface area contributed by atoms with E-state index in [1.807, 2.05) is 0 Å². The smallest absolute Gasteiger partial charge is 0.240 e. The number of hydrogen-bond acceptors (Lipinski definition) is 5. The number of benzene rings is 1. The molecule has 0 aromatic heterocycles. The van der Waals surface area contributed by atoms with E-state index in [1.54, 1.807) is 18.2 Å². The summed E-state index contributed by atoms with van der Waals surface area (Å²) in [6.07, 6.45) is 6.94. The summed E-state index contributed by atoms with van der Waals surface area (Å²) >= 11 is 0. The van der Waals surface area contributed by atoms with Crippen molar-refractivity contribution in [2.75, 3.05) is 37.9 Å². The first-order valence-electron chi connectivity index (χ1n) is 8.81. The van der Waals surface area contributed by atoms with Gasteiger partial charge in [-0.05, 0) is 30.9 Å². The summed E-state index contributed by atoms with van der Waals surface area (Å²) in [7, 11) is -0.695. The van der Waals surface area contributed by atoms with Crippen LogP contribution in [0.15, 0.2) is 18.2 Å². The highest BCUT2D eigenvalue weighted by molar-refractivity contribution is 7.92. The Balaban J connectivity index is 2.11. The number of ether oxygens (including phenoxy) is 2. The topological polar surface area (TPSA) is 84.9 Å². The number of sulfonamides is 1. The molecule has 2 rings (SSSR count). The third kappa shape index (κ3) is 5.52. The number of anilines is 1. The van der Waals surface area contributed by atoms with Crippen LogP contribution >= 0.6 is 0 Å². The molecule has 0 aliphatic heterocycles. The van der Waals surface area contributed by atoms with Crippen LogP contribution < -0.4 is 19.1 Å². The van der Waals surface area contributed by atoms with Crippen molar-refractivity contribution >= 4 is 21.6 Å². The van der Waals surface area contributed by atoms with Gasteiger partial charge in [0.25, 0.3) is 0 Å². The molecule has 0 atom stereocenters. The zero-order chi connectivity index (χ0) is 19.2. The first-order valence-corrected chi connectivity index (χ1v) is 10.7. The standard InChI is InChI=1S/C18H28N2O5S/c1-24-15-9-10-16(17(11-15)25-2)20(26(3,22)23)13-18(21)19-12-14-7-5-4-6-8-14/h9-11,14H,4-8,12-13H2,1-3H3,(H,19,21). The predicted molar refractivity (Wildman–Crippen MR) is 101 cm³/mol. The first-order chi connectivity index (χ1) is 12.3. The normalized spacial score (nSPS) is 15.3. The highest BCUT2D eigenvalue weighted by atomic mass is 32.2. The Bertz CT molecular complexity index is 714. The van der Waals surface area contributed by atoms with Crippen LogP contribution in [0, 0.1) is 5.92 Å². The van der Waals surface area contributed by atoms with Gasteiger partial charge in [0.2, 0.25) is 15.9 Å². The van der Waals surface area contributed by atoms with Gasteiger partial charge in [-0.1, -0.05) is 19.3 Å². The molecule has 0 unspecified atom stereocenters. The van der Waals surface area contributed by atoms with Gasteiger partial charge in [-0.25, -0.2) is 8.42 Å². The Labute approximate surface area is 155 Å². The number of amides is 1. The van der Waals surface area contributed by atoms with Crippen molar-refractivity contribution in [1.29, 1.82) is 0 Å². The third-order valence-electron chi connectivity index (χ3n) is 4.66. The number of carbonyl (C=O) groups is 1. The van der Waals surface area contributed by atoms with Crippen molar-refractivity contribution in [3.8, 4) is 11.5 Å². The quantitative estimate of drug-likeness (QED) is 0.742. The van der Waals surface area contributed by atoms with Crippen LogP contribution in [-0.4, -0.2) is 47.9 Å². The lowest BCUT2D eigenvalue weighted by Gasteiger charge is -2.25. The molecule has 1 aliphatic carbocycles. The maximum absolute atomic E-state index is 12.4. The molecule has 0 bridgehead atoms. The lowest BCUT2D eigenvalue weighted by Crippen LogP contribution is -2.42. The molecule has 1 aromatic carbocycles. The summed E-state index contributed by atoms with van der Waals surface area (Å²) in [5.74, 6) is 1.03. The number of hydrogen-bond donors (Lipinski definition) is 1. The Kier molecular flexibility index (Phi) is 7.14. The molecule has 1 saturated carbocycles. The van der Waals surface area contributed by atoms with E-state index in [9.17, 15) is 13.2 Å². The Hall–Kier alpha value is -1.96. The second kappa shape index (κ2) is 9.12. The fourth-order valence-corrected chi connectivity index (χ4v) is 4.07. The zero-order valence-corrected chi connectivity index (χ0v) is 16.5. The monoisotopic (exact) mass is 384 g/mol. The molecule has 1 aromatic rings. The summed E-state index contributed by atoms with van der Waals surface area (Å²) in [4.78, 5) is 12.4. The molecule has 0 radical (unpaired) electrons. The van der Waals surface area contributed by atoms with Gasteiger partial charge in [-0.2, -0.15) is 0 Å². The molecular formula is C18H28N2O5S.